The Kier molecular flexibility index (Phi) is 4.93. The first-order valence-electron chi connectivity index (χ1n) is 8.15. The third kappa shape index (κ3) is 3.68. The second-order valence-electron chi connectivity index (χ2n) is 6.22. The molecule has 0 fully saturated rings. The molecule has 2 N–H and O–H groups in total. The van der Waals surface area contributed by atoms with Crippen molar-refractivity contribution >= 4 is 20.9 Å². The van der Waals surface area contributed by atoms with Crippen LogP contribution in [0, 0.1) is 19.7 Å². The van der Waals surface area contributed by atoms with Gasteiger partial charge in [-0.25, -0.2) is 17.5 Å². The molecular weight excluding hydrogens is 355 g/mol. The van der Waals surface area contributed by atoms with Crippen LogP contribution in [0.2, 0.25) is 0 Å². The molecule has 0 atom stereocenters. The van der Waals surface area contributed by atoms with Crippen molar-refractivity contribution in [2.75, 3.05) is 6.54 Å². The third-order valence-corrected chi connectivity index (χ3v) is 5.90. The Morgan fingerprint density at radius 3 is 2.58 bits per heavy atom. The maximum Gasteiger partial charge on any atom is 0.251 e. The maximum atomic E-state index is 13.2. The summed E-state index contributed by atoms with van der Waals surface area (Å²) in [5, 5.41) is 0.900. The minimum Gasteiger partial charge on any atom is -0.321 e. The van der Waals surface area contributed by atoms with Crippen molar-refractivity contribution in [3.63, 3.8) is 0 Å². The summed E-state index contributed by atoms with van der Waals surface area (Å²) >= 11 is 0. The van der Waals surface area contributed by atoms with Gasteiger partial charge in [0.05, 0.1) is 10.4 Å². The number of hydrogen-bond donors (Lipinski definition) is 2. The van der Waals surface area contributed by atoms with E-state index in [0.717, 1.165) is 22.5 Å². The van der Waals surface area contributed by atoms with Crippen LogP contribution in [0.3, 0.4) is 0 Å². The van der Waals surface area contributed by atoms with Crippen LogP contribution in [0.15, 0.2) is 52.2 Å². The van der Waals surface area contributed by atoms with Gasteiger partial charge in [0, 0.05) is 12.1 Å². The van der Waals surface area contributed by atoms with E-state index in [0.29, 0.717) is 11.1 Å². The van der Waals surface area contributed by atoms with Crippen molar-refractivity contribution in [3.05, 3.63) is 75.3 Å². The van der Waals surface area contributed by atoms with E-state index in [1.807, 2.05) is 25.1 Å². The van der Waals surface area contributed by atoms with E-state index < -0.39 is 15.8 Å². The molecule has 0 aliphatic rings. The van der Waals surface area contributed by atoms with Crippen molar-refractivity contribution in [1.29, 1.82) is 0 Å². The molecule has 0 unspecified atom stereocenters. The smallest absolute Gasteiger partial charge is 0.251 e. The van der Waals surface area contributed by atoms with Gasteiger partial charge in [0.15, 0.2) is 0 Å². The lowest BCUT2D eigenvalue weighted by atomic mass is 10.1. The number of aromatic amines is 1. The van der Waals surface area contributed by atoms with E-state index in [4.69, 9.17) is 0 Å². The van der Waals surface area contributed by atoms with Gasteiger partial charge < -0.3 is 4.98 Å². The predicted octanol–water partition coefficient (Wildman–Crippen LogP) is 2.81. The quantitative estimate of drug-likeness (QED) is 0.721. The Morgan fingerprint density at radius 2 is 1.85 bits per heavy atom. The number of halogens is 1. The summed E-state index contributed by atoms with van der Waals surface area (Å²) in [5.41, 5.74) is 2.35. The highest BCUT2D eigenvalue weighted by molar-refractivity contribution is 7.89. The minimum absolute atomic E-state index is 0.0296. The van der Waals surface area contributed by atoms with Crippen molar-refractivity contribution in [3.8, 4) is 0 Å². The molecule has 0 saturated heterocycles. The lowest BCUT2D eigenvalue weighted by Crippen LogP contribution is -2.28. The summed E-state index contributed by atoms with van der Waals surface area (Å²) in [6, 6.07) is 11.0. The van der Waals surface area contributed by atoms with Gasteiger partial charge >= 0.3 is 0 Å². The normalized spacial score (nSPS) is 11.8. The zero-order valence-corrected chi connectivity index (χ0v) is 15.3. The molecule has 7 heteroatoms. The van der Waals surface area contributed by atoms with E-state index in [1.165, 1.54) is 19.1 Å². The topological polar surface area (TPSA) is 79.0 Å². The Balaban J connectivity index is 1.78. The van der Waals surface area contributed by atoms with Gasteiger partial charge in [0.1, 0.15) is 5.82 Å². The molecule has 1 heterocycles. The van der Waals surface area contributed by atoms with Crippen LogP contribution in [0.5, 0.6) is 0 Å². The highest BCUT2D eigenvalue weighted by Crippen LogP contribution is 2.17. The van der Waals surface area contributed by atoms with Crippen LogP contribution in [-0.4, -0.2) is 19.9 Å². The number of H-pyrrole nitrogens is 1. The zero-order valence-electron chi connectivity index (χ0n) is 14.5. The Labute approximate surface area is 150 Å². The van der Waals surface area contributed by atoms with Crippen molar-refractivity contribution < 1.29 is 12.8 Å². The highest BCUT2D eigenvalue weighted by Gasteiger charge is 2.17. The molecule has 5 nitrogen and oxygen atoms in total. The molecule has 0 aliphatic heterocycles. The van der Waals surface area contributed by atoms with Gasteiger partial charge in [0.2, 0.25) is 10.0 Å². The van der Waals surface area contributed by atoms with Gasteiger partial charge in [0.25, 0.3) is 5.56 Å². The summed E-state index contributed by atoms with van der Waals surface area (Å²) in [6.07, 6.45) is 0.249. The molecule has 1 aromatic heterocycles. The summed E-state index contributed by atoms with van der Waals surface area (Å²) in [5.74, 6) is -0.487. The number of para-hydroxylation sites is 1. The largest absolute Gasteiger partial charge is 0.321 e. The standard InChI is InChI=1S/C19H19FN2O3S/c1-12-4-3-5-14-11-15(19(23)22-18(12)14)8-9-21-26(24,25)17-7-6-16(20)10-13(17)2/h3-7,10-11,21H,8-9H2,1-2H3,(H,22,23). The average molecular weight is 374 g/mol. The number of nitrogens with one attached hydrogen (secondary N) is 2. The summed E-state index contributed by atoms with van der Waals surface area (Å²) in [6.45, 7) is 3.52. The lowest BCUT2D eigenvalue weighted by molar-refractivity contribution is 0.579. The second kappa shape index (κ2) is 7.01. The molecule has 0 bridgehead atoms. The number of benzene rings is 2. The molecule has 2 aromatic carbocycles. The van der Waals surface area contributed by atoms with Crippen LogP contribution in [0.1, 0.15) is 16.7 Å². The van der Waals surface area contributed by atoms with Gasteiger partial charge in [-0.1, -0.05) is 18.2 Å². The molecule has 0 amide bonds. The first kappa shape index (κ1) is 18.3. The number of aryl methyl sites for hydroxylation is 2. The van der Waals surface area contributed by atoms with Crippen molar-refractivity contribution in [1.82, 2.24) is 9.71 Å². The molecule has 0 radical (unpaired) electrons. The maximum absolute atomic E-state index is 13.2. The van der Waals surface area contributed by atoms with Crippen LogP contribution in [-0.2, 0) is 16.4 Å². The SMILES string of the molecule is Cc1cc(F)ccc1S(=O)(=O)NCCc1cc2cccc(C)c2[nH]c1=O. The monoisotopic (exact) mass is 374 g/mol. The van der Waals surface area contributed by atoms with E-state index in [1.54, 1.807) is 6.07 Å². The zero-order chi connectivity index (χ0) is 18.9. The Hall–Kier alpha value is -2.51. The van der Waals surface area contributed by atoms with Gasteiger partial charge in [-0.05, 0) is 61.0 Å². The van der Waals surface area contributed by atoms with Crippen LogP contribution >= 0.6 is 0 Å². The van der Waals surface area contributed by atoms with Gasteiger partial charge in [-0.15, -0.1) is 0 Å². The predicted molar refractivity (Wildman–Crippen MR) is 99.3 cm³/mol. The molecule has 0 saturated carbocycles. The number of fused-ring (bicyclic) bond motifs is 1. The number of pyridine rings is 1. The summed E-state index contributed by atoms with van der Waals surface area (Å²) < 4.78 is 40.4. The number of hydrogen-bond acceptors (Lipinski definition) is 3. The van der Waals surface area contributed by atoms with Gasteiger partial charge in [-0.3, -0.25) is 4.79 Å². The highest BCUT2D eigenvalue weighted by atomic mass is 32.2. The van der Waals surface area contributed by atoms with E-state index in [2.05, 4.69) is 9.71 Å². The minimum atomic E-state index is -3.77. The molecule has 3 rings (SSSR count). The molecule has 0 spiro atoms. The van der Waals surface area contributed by atoms with Gasteiger partial charge in [-0.2, -0.15) is 0 Å². The second-order valence-corrected chi connectivity index (χ2v) is 7.96. The molecule has 136 valence electrons. The lowest BCUT2D eigenvalue weighted by Gasteiger charge is -2.10. The average Bonchev–Trinajstić information content (AvgIpc) is 2.56. The Morgan fingerprint density at radius 1 is 1.08 bits per heavy atom. The molecule has 3 aromatic rings. The molecule has 26 heavy (non-hydrogen) atoms. The van der Waals surface area contributed by atoms with Crippen LogP contribution in [0.4, 0.5) is 4.39 Å². The number of sulfonamides is 1. The first-order chi connectivity index (χ1) is 12.3. The third-order valence-electron chi connectivity index (χ3n) is 4.28. The molecular formula is C19H19FN2O3S. The fourth-order valence-electron chi connectivity index (χ4n) is 2.93. The van der Waals surface area contributed by atoms with Crippen LogP contribution in [0.25, 0.3) is 10.9 Å². The first-order valence-corrected chi connectivity index (χ1v) is 9.63. The number of aromatic nitrogens is 1. The summed E-state index contributed by atoms with van der Waals surface area (Å²) in [4.78, 5) is 15.1. The fourth-order valence-corrected chi connectivity index (χ4v) is 4.18. The summed E-state index contributed by atoms with van der Waals surface area (Å²) in [7, 11) is -3.77. The van der Waals surface area contributed by atoms with Crippen LogP contribution < -0.4 is 10.3 Å². The van der Waals surface area contributed by atoms with E-state index in [9.17, 15) is 17.6 Å². The molecule has 0 aliphatic carbocycles. The number of rotatable bonds is 5. The van der Waals surface area contributed by atoms with E-state index in [-0.39, 0.29) is 23.4 Å². The van der Waals surface area contributed by atoms with Crippen molar-refractivity contribution in [2.24, 2.45) is 0 Å². The van der Waals surface area contributed by atoms with Crippen molar-refractivity contribution in [2.45, 2.75) is 25.2 Å². The Bertz CT molecular complexity index is 1140. The van der Waals surface area contributed by atoms with E-state index >= 15 is 0 Å². The fraction of sp³-hybridized carbons (Fsp3) is 0.211.